The van der Waals surface area contributed by atoms with E-state index in [0.717, 1.165) is 17.7 Å². The maximum absolute atomic E-state index is 12.9. The Hall–Kier alpha value is -4.60. The first-order chi connectivity index (χ1) is 17.3. The summed E-state index contributed by atoms with van der Waals surface area (Å²) in [5.41, 5.74) is 2.44. The zero-order chi connectivity index (χ0) is 25.3. The first kappa shape index (κ1) is 23.2. The van der Waals surface area contributed by atoms with Crippen LogP contribution in [-0.2, 0) is 24.0 Å². The second-order valence-electron chi connectivity index (χ2n) is 7.97. The third-order valence-electron chi connectivity index (χ3n) is 5.50. The largest absolute Gasteiger partial charge is 0.487 e. The normalized spacial score (nSPS) is 11.6. The van der Waals surface area contributed by atoms with E-state index in [2.05, 4.69) is 10.2 Å². The van der Waals surface area contributed by atoms with Crippen LogP contribution in [-0.4, -0.2) is 26.1 Å². The highest BCUT2D eigenvalue weighted by Crippen LogP contribution is 2.30. The number of fused-ring (bicyclic) bond motifs is 1. The molecule has 10 heteroatoms. The van der Waals surface area contributed by atoms with Gasteiger partial charge < -0.3 is 14.3 Å². The van der Waals surface area contributed by atoms with E-state index < -0.39 is 17.7 Å². The molecule has 7 nitrogen and oxygen atoms in total. The number of hydrogen-bond donors (Lipinski definition) is 1. The van der Waals surface area contributed by atoms with Gasteiger partial charge in [0.1, 0.15) is 29.3 Å². The van der Waals surface area contributed by atoms with E-state index in [9.17, 15) is 18.0 Å². The predicted molar refractivity (Wildman–Crippen MR) is 124 cm³/mol. The van der Waals surface area contributed by atoms with Gasteiger partial charge >= 0.3 is 12.1 Å². The zero-order valence-corrected chi connectivity index (χ0v) is 18.6. The van der Waals surface area contributed by atoms with E-state index in [1.54, 1.807) is 18.2 Å². The molecule has 36 heavy (non-hydrogen) atoms. The van der Waals surface area contributed by atoms with Gasteiger partial charge in [0.05, 0.1) is 23.9 Å². The van der Waals surface area contributed by atoms with Gasteiger partial charge in [0.2, 0.25) is 0 Å². The molecule has 0 unspecified atom stereocenters. The van der Waals surface area contributed by atoms with Gasteiger partial charge in [0.15, 0.2) is 0 Å². The molecule has 2 heterocycles. The highest BCUT2D eigenvalue weighted by atomic mass is 19.4. The summed E-state index contributed by atoms with van der Waals surface area (Å²) in [4.78, 5) is 12.3. The van der Waals surface area contributed by atoms with E-state index in [1.807, 2.05) is 30.3 Å². The van der Waals surface area contributed by atoms with Crippen LogP contribution in [0.15, 0.2) is 83.5 Å². The average Bonchev–Trinajstić information content (AvgIpc) is 3.47. The third-order valence-corrected chi connectivity index (χ3v) is 5.50. The average molecular weight is 493 g/mol. The van der Waals surface area contributed by atoms with Crippen molar-refractivity contribution in [1.29, 1.82) is 0 Å². The number of rotatable bonds is 7. The molecular weight excluding hydrogens is 475 g/mol. The van der Waals surface area contributed by atoms with Crippen molar-refractivity contribution in [2.45, 2.75) is 19.2 Å². The van der Waals surface area contributed by atoms with Crippen LogP contribution in [0.3, 0.4) is 0 Å². The van der Waals surface area contributed by atoms with Gasteiger partial charge in [-0.15, -0.1) is 10.2 Å². The number of furan rings is 1. The lowest BCUT2D eigenvalue weighted by Gasteiger charge is -2.07. The van der Waals surface area contributed by atoms with Crippen LogP contribution in [0.2, 0.25) is 0 Å². The summed E-state index contributed by atoms with van der Waals surface area (Å²) in [5, 5.41) is 18.7. The minimum atomic E-state index is -4.44. The topological polar surface area (TPSA) is 90.4 Å². The van der Waals surface area contributed by atoms with Crippen molar-refractivity contribution in [2.75, 3.05) is 0 Å². The van der Waals surface area contributed by atoms with Gasteiger partial charge in [0, 0.05) is 22.6 Å². The molecule has 0 aliphatic heterocycles. The van der Waals surface area contributed by atoms with E-state index in [0.29, 0.717) is 39.4 Å². The van der Waals surface area contributed by atoms with Crippen LogP contribution in [0, 0.1) is 0 Å². The molecular formula is C26H18F3N3O4. The number of alkyl halides is 3. The number of aromatic nitrogens is 3. The third kappa shape index (κ3) is 4.78. The lowest BCUT2D eigenvalue weighted by atomic mass is 10.1. The predicted octanol–water partition coefficient (Wildman–Crippen LogP) is 5.91. The summed E-state index contributed by atoms with van der Waals surface area (Å²) in [7, 11) is 0. The molecule has 0 aliphatic rings. The lowest BCUT2D eigenvalue weighted by molar-refractivity contribution is -0.138. The van der Waals surface area contributed by atoms with Crippen molar-refractivity contribution in [3.8, 4) is 22.7 Å². The number of carbonyl (C=O) groups is 1. The maximum Gasteiger partial charge on any atom is 0.416 e. The minimum absolute atomic E-state index is 0.0268. The summed E-state index contributed by atoms with van der Waals surface area (Å²) in [5.74, 6) is -0.482. The van der Waals surface area contributed by atoms with Crippen LogP contribution in [0.4, 0.5) is 13.2 Å². The highest BCUT2D eigenvalue weighted by molar-refractivity contribution is 5.86. The monoisotopic (exact) mass is 493 g/mol. The van der Waals surface area contributed by atoms with Gasteiger partial charge in [-0.25, -0.2) is 0 Å². The van der Waals surface area contributed by atoms with Gasteiger partial charge in [-0.2, -0.15) is 18.0 Å². The van der Waals surface area contributed by atoms with Crippen molar-refractivity contribution in [3.63, 3.8) is 0 Å². The molecule has 5 rings (SSSR count). The smallest absolute Gasteiger partial charge is 0.416 e. The van der Waals surface area contributed by atoms with Gasteiger partial charge in [-0.05, 0) is 36.4 Å². The maximum atomic E-state index is 12.9. The number of nitrogens with zero attached hydrogens (tertiary/aromatic N) is 3. The molecule has 5 aromatic rings. The summed E-state index contributed by atoms with van der Waals surface area (Å²) >= 11 is 0. The van der Waals surface area contributed by atoms with Crippen molar-refractivity contribution < 1.29 is 32.2 Å². The van der Waals surface area contributed by atoms with E-state index in [1.165, 1.54) is 23.2 Å². The van der Waals surface area contributed by atoms with E-state index in [4.69, 9.17) is 14.3 Å². The Morgan fingerprint density at radius 2 is 1.75 bits per heavy atom. The van der Waals surface area contributed by atoms with Crippen molar-refractivity contribution in [2.24, 2.45) is 0 Å². The first-order valence-corrected chi connectivity index (χ1v) is 10.8. The number of carboxylic acid groups (broad SMARTS) is 1. The molecule has 0 atom stereocenters. The molecule has 0 spiro atoms. The Balaban J connectivity index is 1.43. The van der Waals surface area contributed by atoms with Crippen LogP contribution in [0.5, 0.6) is 5.75 Å². The van der Waals surface area contributed by atoms with Gasteiger partial charge in [0.25, 0.3) is 0 Å². The number of benzene rings is 3. The number of ether oxygens (including phenoxy) is 1. The van der Waals surface area contributed by atoms with Crippen LogP contribution in [0.1, 0.15) is 16.8 Å². The minimum Gasteiger partial charge on any atom is -0.487 e. The Bertz CT molecular complexity index is 1520. The molecule has 0 saturated heterocycles. The van der Waals surface area contributed by atoms with Crippen LogP contribution >= 0.6 is 0 Å². The number of aliphatic carboxylic acids is 1. The molecule has 0 fully saturated rings. The molecule has 1 N–H and O–H groups in total. The number of carboxylic acids is 1. The molecule has 3 aromatic carbocycles. The van der Waals surface area contributed by atoms with Crippen LogP contribution in [0.25, 0.3) is 27.9 Å². The molecule has 0 aliphatic carbocycles. The quantitative estimate of drug-likeness (QED) is 0.303. The summed E-state index contributed by atoms with van der Waals surface area (Å²) in [6, 6.07) is 18.9. The van der Waals surface area contributed by atoms with Crippen molar-refractivity contribution in [1.82, 2.24) is 15.0 Å². The number of halogens is 3. The lowest BCUT2D eigenvalue weighted by Crippen LogP contribution is -2.06. The van der Waals surface area contributed by atoms with Crippen molar-refractivity contribution in [3.05, 3.63) is 95.9 Å². The Morgan fingerprint density at radius 3 is 2.44 bits per heavy atom. The van der Waals surface area contributed by atoms with Crippen LogP contribution < -0.4 is 4.74 Å². The molecule has 182 valence electrons. The highest BCUT2D eigenvalue weighted by Gasteiger charge is 2.30. The van der Waals surface area contributed by atoms with Gasteiger partial charge in [-0.3, -0.25) is 4.79 Å². The molecule has 2 aromatic heterocycles. The fourth-order valence-corrected chi connectivity index (χ4v) is 3.76. The second-order valence-corrected chi connectivity index (χ2v) is 7.97. The summed E-state index contributed by atoms with van der Waals surface area (Å²) < 4.78 is 50.2. The van der Waals surface area contributed by atoms with E-state index >= 15 is 0 Å². The summed E-state index contributed by atoms with van der Waals surface area (Å²) in [6.45, 7) is 0.0268. The van der Waals surface area contributed by atoms with E-state index in [-0.39, 0.29) is 13.0 Å². The van der Waals surface area contributed by atoms with Crippen molar-refractivity contribution >= 4 is 16.9 Å². The Morgan fingerprint density at radius 1 is 1.00 bits per heavy atom. The zero-order valence-electron chi connectivity index (χ0n) is 18.6. The first-order valence-electron chi connectivity index (χ1n) is 10.8. The fourth-order valence-electron chi connectivity index (χ4n) is 3.76. The second kappa shape index (κ2) is 9.21. The standard InChI is InChI=1S/C26H18F3N3O4/c27-26(28,29)18-6-8-19(9-7-18)32-30-22(25(31-32)16-4-2-1-3-5-16)15-35-20-10-11-21-17(12-24(33)34)14-36-23(21)13-20/h1-11,13-14H,12,15H2,(H,33,34). The molecule has 0 bridgehead atoms. The van der Waals surface area contributed by atoms with Gasteiger partial charge in [-0.1, -0.05) is 30.3 Å². The molecule has 0 radical (unpaired) electrons. The fraction of sp³-hybridized carbons (Fsp3) is 0.115. The molecule has 0 amide bonds. The number of hydrogen-bond acceptors (Lipinski definition) is 5. The Kier molecular flexibility index (Phi) is 5.93. The summed E-state index contributed by atoms with van der Waals surface area (Å²) in [6.07, 6.45) is -3.18. The Labute approximate surface area is 202 Å². The SMILES string of the molecule is O=C(O)Cc1coc2cc(OCc3nn(-c4ccc(C(F)(F)F)cc4)nc3-c3ccccc3)ccc12. The molecule has 0 saturated carbocycles.